The first-order valence-electron chi connectivity index (χ1n) is 6.13. The molecule has 0 aromatic heterocycles. The fraction of sp³-hybridized carbons (Fsp3) is 0.214. The molecule has 1 unspecified atom stereocenters. The summed E-state index contributed by atoms with van der Waals surface area (Å²) < 4.78 is 0. The van der Waals surface area contributed by atoms with Crippen LogP contribution in [0, 0.1) is 0 Å². The molecule has 0 aliphatic heterocycles. The summed E-state index contributed by atoms with van der Waals surface area (Å²) >= 11 is 5.86. The summed E-state index contributed by atoms with van der Waals surface area (Å²) in [6.07, 6.45) is -0.988. The zero-order chi connectivity index (χ0) is 16.4. The van der Waals surface area contributed by atoms with Crippen molar-refractivity contribution in [3.8, 4) is 0 Å². The lowest BCUT2D eigenvalue weighted by Gasteiger charge is -2.22. The lowest BCUT2D eigenvalue weighted by atomic mass is 9.87. The molecule has 1 aromatic carbocycles. The summed E-state index contributed by atoms with van der Waals surface area (Å²) in [4.78, 5) is 49.3. The minimum Gasteiger partial charge on any atom is -0.550 e. The monoisotopic (exact) mass is 321 g/mol. The van der Waals surface area contributed by atoms with Crippen LogP contribution in [0.3, 0.4) is 0 Å². The number of ketones is 2. The van der Waals surface area contributed by atoms with Crippen LogP contribution in [0.25, 0.3) is 0 Å². The van der Waals surface area contributed by atoms with E-state index in [9.17, 15) is 29.4 Å². The zero-order valence-electron chi connectivity index (χ0n) is 10.9. The van der Waals surface area contributed by atoms with Crippen LogP contribution in [0.2, 0.25) is 0 Å². The van der Waals surface area contributed by atoms with Crippen molar-refractivity contribution in [1.82, 2.24) is 0 Å². The number of carboxylic acid groups (broad SMARTS) is 2. The molecule has 0 heterocycles. The highest BCUT2D eigenvalue weighted by Gasteiger charge is 2.37. The van der Waals surface area contributed by atoms with Crippen molar-refractivity contribution in [2.75, 3.05) is 0 Å². The number of carbonyl (C=O) groups excluding carboxylic acids is 4. The average Bonchev–Trinajstić information content (AvgIpc) is 2.47. The van der Waals surface area contributed by atoms with Gasteiger partial charge in [0.15, 0.2) is 5.78 Å². The fourth-order valence-corrected chi connectivity index (χ4v) is 2.31. The number of hydrogen-bond acceptors (Lipinski definition) is 7. The van der Waals surface area contributed by atoms with Crippen molar-refractivity contribution >= 4 is 40.8 Å². The Bertz CT molecular complexity index is 711. The number of fused-ring (bicyclic) bond motifs is 1. The van der Waals surface area contributed by atoms with Gasteiger partial charge in [-0.05, 0) is 0 Å². The highest BCUT2D eigenvalue weighted by Crippen LogP contribution is 2.24. The summed E-state index contributed by atoms with van der Waals surface area (Å²) in [6, 6.07) is 4.01. The SMILES string of the molecule is O=C([O-])C[C@H](N=C1C(=O)c2ccccc2C(=O)C1Cl)C(=O)[O-]. The standard InChI is InChI=1S/C14H10ClNO6/c15-10-11(16-8(14(21)22)5-9(17)18)13(20)7-4-2-1-3-6(7)12(10)19/h1-4,8,10H,5H2,(H,17,18)(H,21,22)/p-2/t8-,10?/m0/s1. The van der Waals surface area contributed by atoms with E-state index >= 15 is 0 Å². The molecule has 0 amide bonds. The van der Waals surface area contributed by atoms with Gasteiger partial charge in [0.25, 0.3) is 0 Å². The van der Waals surface area contributed by atoms with Crippen LogP contribution in [0.5, 0.6) is 0 Å². The maximum atomic E-state index is 12.3. The van der Waals surface area contributed by atoms with Crippen molar-refractivity contribution in [1.29, 1.82) is 0 Å². The largest absolute Gasteiger partial charge is 0.550 e. The van der Waals surface area contributed by atoms with E-state index < -0.39 is 47.1 Å². The second kappa shape index (κ2) is 6.07. The topological polar surface area (TPSA) is 127 Å². The molecule has 8 heteroatoms. The summed E-state index contributed by atoms with van der Waals surface area (Å²) in [5.74, 6) is -4.82. The molecular formula is C14H8ClNO6-2. The van der Waals surface area contributed by atoms with Crippen LogP contribution in [-0.4, -0.2) is 40.6 Å². The Balaban J connectivity index is 2.49. The molecule has 1 aliphatic rings. The van der Waals surface area contributed by atoms with Crippen molar-refractivity contribution in [3.63, 3.8) is 0 Å². The van der Waals surface area contributed by atoms with Crippen LogP contribution in [-0.2, 0) is 9.59 Å². The minimum atomic E-state index is -1.86. The number of nitrogens with zero attached hydrogens (tertiary/aromatic N) is 1. The van der Waals surface area contributed by atoms with E-state index in [0.717, 1.165) is 0 Å². The van der Waals surface area contributed by atoms with Crippen molar-refractivity contribution < 1.29 is 29.4 Å². The molecule has 1 aromatic rings. The number of benzene rings is 1. The summed E-state index contributed by atoms with van der Waals surface area (Å²) in [5, 5.41) is 19.9. The third-order valence-corrected chi connectivity index (χ3v) is 3.47. The van der Waals surface area contributed by atoms with Gasteiger partial charge >= 0.3 is 0 Å². The molecule has 0 saturated carbocycles. The number of aliphatic carboxylic acids is 2. The maximum Gasteiger partial charge on any atom is 0.209 e. The van der Waals surface area contributed by atoms with Crippen LogP contribution in [0.15, 0.2) is 29.3 Å². The number of halogens is 1. The molecule has 0 spiro atoms. The Morgan fingerprint density at radius 3 is 2.32 bits per heavy atom. The van der Waals surface area contributed by atoms with Crippen LogP contribution in [0.1, 0.15) is 27.1 Å². The van der Waals surface area contributed by atoms with Gasteiger partial charge in [-0.25, -0.2) is 0 Å². The Labute approximate surface area is 129 Å². The molecule has 1 aliphatic carbocycles. The molecule has 22 heavy (non-hydrogen) atoms. The fourth-order valence-electron chi connectivity index (χ4n) is 2.04. The van der Waals surface area contributed by atoms with Gasteiger partial charge in [0.2, 0.25) is 5.78 Å². The Morgan fingerprint density at radius 1 is 1.18 bits per heavy atom. The lowest BCUT2D eigenvalue weighted by Crippen LogP contribution is -2.43. The summed E-state index contributed by atoms with van der Waals surface area (Å²) in [7, 11) is 0. The summed E-state index contributed by atoms with van der Waals surface area (Å²) in [5.41, 5.74) is -0.370. The molecular weight excluding hydrogens is 314 g/mol. The van der Waals surface area contributed by atoms with Gasteiger partial charge in [-0.15, -0.1) is 11.6 Å². The Morgan fingerprint density at radius 2 is 1.77 bits per heavy atom. The highest BCUT2D eigenvalue weighted by molar-refractivity contribution is 6.64. The highest BCUT2D eigenvalue weighted by atomic mass is 35.5. The van der Waals surface area contributed by atoms with Crippen LogP contribution >= 0.6 is 11.6 Å². The van der Waals surface area contributed by atoms with E-state index in [1.165, 1.54) is 18.2 Å². The molecule has 0 saturated heterocycles. The van der Waals surface area contributed by atoms with E-state index in [2.05, 4.69) is 4.99 Å². The number of hydrogen-bond donors (Lipinski definition) is 0. The first-order valence-corrected chi connectivity index (χ1v) is 6.57. The van der Waals surface area contributed by atoms with Crippen molar-refractivity contribution in [2.24, 2.45) is 4.99 Å². The van der Waals surface area contributed by atoms with Gasteiger partial charge in [0, 0.05) is 23.5 Å². The van der Waals surface area contributed by atoms with Crippen molar-refractivity contribution in [3.05, 3.63) is 35.4 Å². The number of aliphatic imine (C=N–C) groups is 1. The third-order valence-electron chi connectivity index (χ3n) is 3.07. The molecule has 2 atom stereocenters. The third kappa shape index (κ3) is 2.89. The van der Waals surface area contributed by atoms with Gasteiger partial charge < -0.3 is 19.8 Å². The van der Waals surface area contributed by atoms with E-state index in [4.69, 9.17) is 11.6 Å². The second-order valence-electron chi connectivity index (χ2n) is 4.53. The van der Waals surface area contributed by atoms with Crippen LogP contribution < -0.4 is 10.2 Å². The van der Waals surface area contributed by atoms with Gasteiger partial charge in [0.1, 0.15) is 11.1 Å². The number of rotatable bonds is 4. The Kier molecular flexibility index (Phi) is 4.37. The molecule has 0 radical (unpaired) electrons. The summed E-state index contributed by atoms with van der Waals surface area (Å²) in [6.45, 7) is 0. The van der Waals surface area contributed by atoms with Gasteiger partial charge in [-0.2, -0.15) is 0 Å². The number of Topliss-reactive ketones (excluding diaryl/α,β-unsaturated/α-hetero) is 2. The van der Waals surface area contributed by atoms with Gasteiger partial charge in [-0.3, -0.25) is 14.6 Å². The molecule has 114 valence electrons. The van der Waals surface area contributed by atoms with Crippen LogP contribution in [0.4, 0.5) is 0 Å². The van der Waals surface area contributed by atoms with Gasteiger partial charge in [0.05, 0.1) is 12.0 Å². The van der Waals surface area contributed by atoms with E-state index in [1.54, 1.807) is 6.07 Å². The van der Waals surface area contributed by atoms with E-state index in [-0.39, 0.29) is 11.1 Å². The average molecular weight is 322 g/mol. The molecule has 7 nitrogen and oxygen atoms in total. The maximum absolute atomic E-state index is 12.3. The normalized spacial score (nSPS) is 20.6. The second-order valence-corrected chi connectivity index (χ2v) is 4.96. The molecule has 0 fully saturated rings. The zero-order valence-corrected chi connectivity index (χ0v) is 11.7. The first kappa shape index (κ1) is 15.8. The van der Waals surface area contributed by atoms with E-state index in [0.29, 0.717) is 0 Å². The first-order chi connectivity index (χ1) is 10.3. The number of alkyl halides is 1. The molecule has 0 N–H and O–H groups in total. The Hall–Kier alpha value is -2.54. The number of carboxylic acids is 2. The number of carbonyl (C=O) groups is 4. The predicted molar refractivity (Wildman–Crippen MR) is 70.6 cm³/mol. The molecule has 2 rings (SSSR count). The minimum absolute atomic E-state index is 0.0358. The van der Waals surface area contributed by atoms with Gasteiger partial charge in [-0.1, -0.05) is 24.3 Å². The van der Waals surface area contributed by atoms with Crippen molar-refractivity contribution in [2.45, 2.75) is 17.8 Å². The molecule has 0 bridgehead atoms. The predicted octanol–water partition coefficient (Wildman–Crippen LogP) is -1.63. The quantitative estimate of drug-likeness (QED) is 0.613. The smallest absolute Gasteiger partial charge is 0.209 e. The van der Waals surface area contributed by atoms with E-state index in [1.807, 2.05) is 0 Å². The lowest BCUT2D eigenvalue weighted by molar-refractivity contribution is -0.316.